The van der Waals surface area contributed by atoms with E-state index in [1.807, 2.05) is 0 Å². The van der Waals surface area contributed by atoms with Gasteiger partial charge in [0.25, 0.3) is 21.0 Å². The van der Waals surface area contributed by atoms with E-state index in [1.165, 1.54) is 11.4 Å². The Morgan fingerprint density at radius 1 is 1.35 bits per heavy atom. The minimum Gasteiger partial charge on any atom is -0.368 e. The van der Waals surface area contributed by atoms with E-state index in [9.17, 15) is 13.2 Å². The van der Waals surface area contributed by atoms with Crippen LogP contribution in [0, 0.1) is 19.8 Å². The van der Waals surface area contributed by atoms with Gasteiger partial charge in [0.05, 0.1) is 0 Å². The van der Waals surface area contributed by atoms with Gasteiger partial charge in [0.2, 0.25) is 5.91 Å². The first-order valence-corrected chi connectivity index (χ1v) is 8.50. The van der Waals surface area contributed by atoms with Crippen molar-refractivity contribution in [1.29, 1.82) is 0 Å². The van der Waals surface area contributed by atoms with Gasteiger partial charge in [-0.2, -0.15) is 9.71 Å². The van der Waals surface area contributed by atoms with Crippen LogP contribution in [-0.4, -0.2) is 39.4 Å². The highest BCUT2D eigenvalue weighted by Gasteiger charge is 2.40. The first-order chi connectivity index (χ1) is 10.5. The minimum absolute atomic E-state index is 0.174. The van der Waals surface area contributed by atoms with Gasteiger partial charge in [-0.05, 0) is 32.8 Å². The summed E-state index contributed by atoms with van der Waals surface area (Å²) in [4.78, 5) is 19.8. The van der Waals surface area contributed by atoms with Crippen molar-refractivity contribution in [2.24, 2.45) is 11.7 Å². The summed E-state index contributed by atoms with van der Waals surface area (Å²) in [7, 11) is -4.13. The second-order valence-corrected chi connectivity index (χ2v) is 7.55. The van der Waals surface area contributed by atoms with Gasteiger partial charge in [0, 0.05) is 11.4 Å². The second-order valence-electron chi connectivity index (χ2n) is 5.97. The molecule has 0 spiro atoms. The van der Waals surface area contributed by atoms with Crippen LogP contribution < -0.4 is 10.5 Å². The van der Waals surface area contributed by atoms with Crippen LogP contribution in [0.3, 0.4) is 0 Å². The van der Waals surface area contributed by atoms with Crippen LogP contribution in [0.25, 0.3) is 5.78 Å². The Labute approximate surface area is 134 Å². The van der Waals surface area contributed by atoms with Gasteiger partial charge in [-0.3, -0.25) is 4.79 Å². The number of carbonyl (C=O) groups excluding carboxylic acids is 1. The maximum absolute atomic E-state index is 12.5. The van der Waals surface area contributed by atoms with E-state index in [2.05, 4.69) is 19.8 Å². The zero-order chi connectivity index (χ0) is 17.6. The molecule has 23 heavy (non-hydrogen) atoms. The summed E-state index contributed by atoms with van der Waals surface area (Å²) in [6.45, 7) is 8.36. The Balaban J connectivity index is 2.52. The van der Waals surface area contributed by atoms with Crippen molar-refractivity contribution in [3.8, 4) is 0 Å². The molecule has 1 atom stereocenters. The molecule has 0 aliphatic rings. The molecule has 0 aromatic carbocycles. The third-order valence-corrected chi connectivity index (χ3v) is 5.20. The maximum atomic E-state index is 12.5. The summed E-state index contributed by atoms with van der Waals surface area (Å²) in [5, 5.41) is 3.52. The Morgan fingerprint density at radius 3 is 2.48 bits per heavy atom. The van der Waals surface area contributed by atoms with E-state index < -0.39 is 26.6 Å². The predicted octanol–water partition coefficient (Wildman–Crippen LogP) is -0.0806. The van der Waals surface area contributed by atoms with E-state index in [4.69, 9.17) is 5.73 Å². The molecule has 126 valence electrons. The molecule has 2 heterocycles. The average molecular weight is 340 g/mol. The number of aryl methyl sites for hydroxylation is 2. The van der Waals surface area contributed by atoms with Gasteiger partial charge < -0.3 is 5.73 Å². The van der Waals surface area contributed by atoms with E-state index in [1.54, 1.807) is 33.8 Å². The molecule has 9 nitrogen and oxygen atoms in total. The van der Waals surface area contributed by atoms with E-state index in [0.29, 0.717) is 11.4 Å². The highest BCUT2D eigenvalue weighted by atomic mass is 32.2. The number of nitrogens with one attached hydrogen (secondary N) is 1. The molecule has 0 saturated carbocycles. The molecule has 0 fully saturated rings. The van der Waals surface area contributed by atoms with Gasteiger partial charge in [0.15, 0.2) is 0 Å². The minimum atomic E-state index is -4.13. The van der Waals surface area contributed by atoms with Crippen molar-refractivity contribution in [2.75, 3.05) is 0 Å². The number of nitrogens with zero attached hydrogens (tertiary/aromatic N) is 4. The van der Waals surface area contributed by atoms with Gasteiger partial charge in [0.1, 0.15) is 5.54 Å². The molecular formula is C13H20N6O3S. The monoisotopic (exact) mass is 340 g/mol. The summed E-state index contributed by atoms with van der Waals surface area (Å²) >= 11 is 0. The van der Waals surface area contributed by atoms with Gasteiger partial charge in [-0.25, -0.2) is 17.9 Å². The molecule has 2 aromatic rings. The summed E-state index contributed by atoms with van der Waals surface area (Å²) in [6, 6.07) is 1.76. The first-order valence-electron chi connectivity index (χ1n) is 7.02. The van der Waals surface area contributed by atoms with E-state index >= 15 is 0 Å². The number of sulfonamides is 1. The van der Waals surface area contributed by atoms with Crippen LogP contribution >= 0.6 is 0 Å². The highest BCUT2D eigenvalue weighted by molar-refractivity contribution is 7.89. The van der Waals surface area contributed by atoms with Crippen LogP contribution in [-0.2, 0) is 14.8 Å². The molecule has 0 saturated heterocycles. The van der Waals surface area contributed by atoms with Crippen LogP contribution in [0.1, 0.15) is 32.2 Å². The SMILES string of the molecule is Cc1cc(C)n2nc(S(=O)(=O)NC(C)(C(N)=O)C(C)C)nc2n1. The quantitative estimate of drug-likeness (QED) is 0.782. The Hall–Kier alpha value is -2.07. The van der Waals surface area contributed by atoms with Crippen LogP contribution in [0.4, 0.5) is 0 Å². The van der Waals surface area contributed by atoms with Crippen LogP contribution in [0.2, 0.25) is 0 Å². The normalized spacial score (nSPS) is 15.0. The predicted molar refractivity (Wildman–Crippen MR) is 83.0 cm³/mol. The number of rotatable bonds is 5. The van der Waals surface area contributed by atoms with Crippen molar-refractivity contribution in [3.63, 3.8) is 0 Å². The highest BCUT2D eigenvalue weighted by Crippen LogP contribution is 2.19. The number of hydrogen-bond donors (Lipinski definition) is 2. The van der Waals surface area contributed by atoms with Crippen molar-refractivity contribution in [3.05, 3.63) is 17.5 Å². The molecule has 0 radical (unpaired) electrons. The number of hydrogen-bond acceptors (Lipinski definition) is 6. The Morgan fingerprint density at radius 2 is 1.96 bits per heavy atom. The smallest absolute Gasteiger partial charge is 0.284 e. The van der Waals surface area contributed by atoms with Gasteiger partial charge in [-0.15, -0.1) is 5.10 Å². The summed E-state index contributed by atoms with van der Waals surface area (Å²) in [5.74, 6) is -0.952. The molecule has 1 amide bonds. The molecule has 10 heteroatoms. The molecule has 0 aliphatic carbocycles. The molecule has 0 aliphatic heterocycles. The topological polar surface area (TPSA) is 132 Å². The fourth-order valence-corrected chi connectivity index (χ4v) is 3.42. The molecule has 1 unspecified atom stereocenters. The van der Waals surface area contributed by atoms with Gasteiger partial charge in [-0.1, -0.05) is 13.8 Å². The molecular weight excluding hydrogens is 320 g/mol. The summed E-state index contributed by atoms with van der Waals surface area (Å²) in [6.07, 6.45) is 0. The molecule has 2 rings (SSSR count). The lowest BCUT2D eigenvalue weighted by Gasteiger charge is -2.30. The zero-order valence-corrected chi connectivity index (χ0v) is 14.5. The third kappa shape index (κ3) is 3.04. The number of aromatic nitrogens is 4. The largest absolute Gasteiger partial charge is 0.368 e. The average Bonchev–Trinajstić information content (AvgIpc) is 2.82. The van der Waals surface area contributed by atoms with Crippen LogP contribution in [0.5, 0.6) is 0 Å². The first kappa shape index (κ1) is 17.3. The number of carbonyl (C=O) groups is 1. The fraction of sp³-hybridized carbons (Fsp3) is 0.538. The Bertz CT molecular complexity index is 873. The van der Waals surface area contributed by atoms with E-state index in [0.717, 1.165) is 0 Å². The van der Waals surface area contributed by atoms with Gasteiger partial charge >= 0.3 is 0 Å². The zero-order valence-electron chi connectivity index (χ0n) is 13.7. The number of fused-ring (bicyclic) bond motifs is 1. The lowest BCUT2D eigenvalue weighted by molar-refractivity contribution is -0.124. The lowest BCUT2D eigenvalue weighted by Crippen LogP contribution is -2.58. The van der Waals surface area contributed by atoms with Crippen molar-refractivity contribution < 1.29 is 13.2 Å². The summed E-state index contributed by atoms with van der Waals surface area (Å²) in [5.41, 5.74) is 5.30. The van der Waals surface area contributed by atoms with Crippen molar-refractivity contribution in [1.82, 2.24) is 24.3 Å². The summed E-state index contributed by atoms with van der Waals surface area (Å²) < 4.78 is 28.7. The molecule has 0 bridgehead atoms. The number of primary amides is 1. The maximum Gasteiger partial charge on any atom is 0.284 e. The third-order valence-electron chi connectivity index (χ3n) is 3.85. The molecule has 2 aromatic heterocycles. The lowest BCUT2D eigenvalue weighted by atomic mass is 9.89. The van der Waals surface area contributed by atoms with Crippen molar-refractivity contribution in [2.45, 2.75) is 45.3 Å². The number of nitrogens with two attached hydrogens (primary N) is 1. The van der Waals surface area contributed by atoms with Crippen LogP contribution in [0.15, 0.2) is 11.2 Å². The second kappa shape index (κ2) is 5.53. The standard InChI is InChI=1S/C13H20N6O3S/c1-7(2)13(5,10(14)20)18-23(21,22)12-16-11-15-8(3)6-9(4)19(11)17-12/h6-7,18H,1-5H3,(H2,14,20). The fourth-order valence-electron chi connectivity index (χ4n) is 2.04. The van der Waals surface area contributed by atoms with Crippen molar-refractivity contribution >= 4 is 21.7 Å². The molecule has 3 N–H and O–H groups in total. The van der Waals surface area contributed by atoms with E-state index in [-0.39, 0.29) is 11.7 Å². The Kier molecular flexibility index (Phi) is 4.16. The number of amides is 1.